The molecule has 0 aliphatic heterocycles. The van der Waals surface area contributed by atoms with Gasteiger partial charge in [0.1, 0.15) is 0 Å². The Morgan fingerprint density at radius 3 is 2.52 bits per heavy atom. The number of rotatable bonds is 7. The number of para-hydroxylation sites is 1. The molecule has 5 nitrogen and oxygen atoms in total. The Labute approximate surface area is 171 Å². The molecular formula is C24H26N2O3. The number of carbonyl (C=O) groups excluding carboxylic acids is 2. The first-order valence-electron chi connectivity index (χ1n) is 9.64. The van der Waals surface area contributed by atoms with Gasteiger partial charge < -0.3 is 14.6 Å². The molecule has 1 amide bonds. The van der Waals surface area contributed by atoms with E-state index in [1.807, 2.05) is 41.3 Å². The molecule has 3 rings (SSSR count). The van der Waals surface area contributed by atoms with Crippen molar-refractivity contribution < 1.29 is 14.3 Å². The lowest BCUT2D eigenvalue weighted by molar-refractivity contribution is -0.134. The Bertz CT molecular complexity index is 1030. The summed E-state index contributed by atoms with van der Waals surface area (Å²) in [6, 6.07) is 16.1. The summed E-state index contributed by atoms with van der Waals surface area (Å²) < 4.78 is 4.60. The summed E-state index contributed by atoms with van der Waals surface area (Å²) in [6.45, 7) is 4.89. The Morgan fingerprint density at radius 2 is 1.83 bits per heavy atom. The molecule has 0 spiro atoms. The number of aryl methyl sites for hydroxylation is 1. The van der Waals surface area contributed by atoms with Gasteiger partial charge in [0, 0.05) is 42.7 Å². The first kappa shape index (κ1) is 20.4. The molecule has 1 N–H and O–H groups in total. The zero-order valence-corrected chi connectivity index (χ0v) is 17.1. The Hall–Kier alpha value is -3.34. The second kappa shape index (κ2) is 9.24. The van der Waals surface area contributed by atoms with Crippen molar-refractivity contribution in [2.45, 2.75) is 26.8 Å². The summed E-state index contributed by atoms with van der Waals surface area (Å²) in [7, 11) is 1.35. The number of nitrogens with one attached hydrogen (secondary N) is 1. The van der Waals surface area contributed by atoms with E-state index in [9.17, 15) is 9.59 Å². The summed E-state index contributed by atoms with van der Waals surface area (Å²) in [4.78, 5) is 28.7. The Morgan fingerprint density at radius 1 is 1.10 bits per heavy atom. The van der Waals surface area contributed by atoms with Gasteiger partial charge in [-0.3, -0.25) is 4.79 Å². The summed E-state index contributed by atoms with van der Waals surface area (Å²) in [6.07, 6.45) is 3.90. The lowest BCUT2D eigenvalue weighted by Gasteiger charge is -2.21. The smallest absolute Gasteiger partial charge is 0.330 e. The zero-order chi connectivity index (χ0) is 20.8. The highest BCUT2D eigenvalue weighted by molar-refractivity contribution is 5.87. The standard InChI is InChI=1S/C24H26N2O3/c1-17-21(22-6-4-5-7-23(22)25-17)14-15-26(18(2)27)16-20-10-8-19(9-11-20)12-13-24(28)29-3/h4-13,25H,14-16H2,1-3H3/b13-12+. The van der Waals surface area contributed by atoms with Crippen molar-refractivity contribution in [3.05, 3.63) is 77.0 Å². The molecule has 29 heavy (non-hydrogen) atoms. The van der Waals surface area contributed by atoms with Gasteiger partial charge in [0.2, 0.25) is 5.91 Å². The number of aromatic nitrogens is 1. The van der Waals surface area contributed by atoms with Crippen molar-refractivity contribution in [2.24, 2.45) is 0 Å². The molecule has 2 aromatic carbocycles. The van der Waals surface area contributed by atoms with Gasteiger partial charge in [-0.25, -0.2) is 4.79 Å². The zero-order valence-electron chi connectivity index (χ0n) is 17.1. The van der Waals surface area contributed by atoms with Crippen LogP contribution >= 0.6 is 0 Å². The molecule has 1 aromatic heterocycles. The fourth-order valence-electron chi connectivity index (χ4n) is 3.44. The highest BCUT2D eigenvalue weighted by Crippen LogP contribution is 2.22. The van der Waals surface area contributed by atoms with E-state index in [1.54, 1.807) is 13.0 Å². The molecule has 0 aliphatic rings. The molecule has 0 aliphatic carbocycles. The molecule has 0 radical (unpaired) electrons. The van der Waals surface area contributed by atoms with E-state index in [-0.39, 0.29) is 11.9 Å². The van der Waals surface area contributed by atoms with Crippen LogP contribution in [-0.4, -0.2) is 35.4 Å². The third-order valence-corrected chi connectivity index (χ3v) is 5.07. The molecule has 0 unspecified atom stereocenters. The van der Waals surface area contributed by atoms with Crippen LogP contribution in [0.1, 0.15) is 29.3 Å². The summed E-state index contributed by atoms with van der Waals surface area (Å²) >= 11 is 0. The van der Waals surface area contributed by atoms with Gasteiger partial charge in [-0.15, -0.1) is 0 Å². The number of methoxy groups -OCH3 is 1. The van der Waals surface area contributed by atoms with Crippen molar-refractivity contribution in [1.82, 2.24) is 9.88 Å². The summed E-state index contributed by atoms with van der Waals surface area (Å²) in [5.74, 6) is -0.332. The molecular weight excluding hydrogens is 364 g/mol. The maximum atomic E-state index is 12.2. The number of amides is 1. The van der Waals surface area contributed by atoms with Crippen LogP contribution in [-0.2, 0) is 27.3 Å². The number of hydrogen-bond donors (Lipinski definition) is 1. The van der Waals surface area contributed by atoms with Crippen LogP contribution in [0.4, 0.5) is 0 Å². The van der Waals surface area contributed by atoms with Gasteiger partial charge in [0.15, 0.2) is 0 Å². The van der Waals surface area contributed by atoms with E-state index in [0.29, 0.717) is 13.1 Å². The lowest BCUT2D eigenvalue weighted by Crippen LogP contribution is -2.30. The van der Waals surface area contributed by atoms with E-state index in [1.165, 1.54) is 24.1 Å². The molecule has 0 saturated heterocycles. The molecule has 150 valence electrons. The van der Waals surface area contributed by atoms with Crippen LogP contribution in [0.2, 0.25) is 0 Å². The number of carbonyl (C=O) groups is 2. The summed E-state index contributed by atoms with van der Waals surface area (Å²) in [5, 5.41) is 1.22. The van der Waals surface area contributed by atoms with Crippen molar-refractivity contribution in [3.8, 4) is 0 Å². The van der Waals surface area contributed by atoms with E-state index in [0.717, 1.165) is 28.8 Å². The maximum absolute atomic E-state index is 12.2. The molecule has 0 bridgehead atoms. The van der Waals surface area contributed by atoms with Crippen LogP contribution in [0, 0.1) is 6.92 Å². The number of benzene rings is 2. The van der Waals surface area contributed by atoms with Gasteiger partial charge in [-0.2, -0.15) is 0 Å². The molecule has 0 atom stereocenters. The van der Waals surface area contributed by atoms with Crippen LogP contribution in [0.5, 0.6) is 0 Å². The Balaban J connectivity index is 1.67. The normalized spacial score (nSPS) is 11.1. The highest BCUT2D eigenvalue weighted by atomic mass is 16.5. The van der Waals surface area contributed by atoms with Gasteiger partial charge in [-0.1, -0.05) is 42.5 Å². The van der Waals surface area contributed by atoms with Crippen molar-refractivity contribution in [3.63, 3.8) is 0 Å². The van der Waals surface area contributed by atoms with Crippen molar-refractivity contribution in [1.29, 1.82) is 0 Å². The minimum atomic E-state index is -0.385. The van der Waals surface area contributed by atoms with Crippen molar-refractivity contribution in [2.75, 3.05) is 13.7 Å². The predicted molar refractivity (Wildman–Crippen MR) is 115 cm³/mol. The van der Waals surface area contributed by atoms with Crippen molar-refractivity contribution >= 4 is 28.9 Å². The SMILES string of the molecule is COC(=O)/C=C/c1ccc(CN(CCc2c(C)[nH]c3ccccc23)C(C)=O)cc1. The van der Waals surface area contributed by atoms with Crippen LogP contribution in [0.25, 0.3) is 17.0 Å². The largest absolute Gasteiger partial charge is 0.466 e. The minimum absolute atomic E-state index is 0.0529. The number of ether oxygens (including phenoxy) is 1. The number of esters is 1. The third-order valence-electron chi connectivity index (χ3n) is 5.07. The van der Waals surface area contributed by atoms with Gasteiger partial charge >= 0.3 is 5.97 Å². The second-order valence-corrected chi connectivity index (χ2v) is 7.06. The molecule has 5 heteroatoms. The Kier molecular flexibility index (Phi) is 6.50. The van der Waals surface area contributed by atoms with Gasteiger partial charge in [-0.05, 0) is 42.2 Å². The van der Waals surface area contributed by atoms with Crippen LogP contribution in [0.15, 0.2) is 54.6 Å². The van der Waals surface area contributed by atoms with Gasteiger partial charge in [0.05, 0.1) is 7.11 Å². The highest BCUT2D eigenvalue weighted by Gasteiger charge is 2.13. The molecule has 0 fully saturated rings. The fourth-order valence-corrected chi connectivity index (χ4v) is 3.44. The van der Waals surface area contributed by atoms with E-state index in [4.69, 9.17) is 0 Å². The average Bonchev–Trinajstić information content (AvgIpc) is 3.05. The number of aromatic amines is 1. The molecule has 1 heterocycles. The monoisotopic (exact) mass is 390 g/mol. The fraction of sp³-hybridized carbons (Fsp3) is 0.250. The number of hydrogen-bond acceptors (Lipinski definition) is 3. The lowest BCUT2D eigenvalue weighted by atomic mass is 10.1. The first-order chi connectivity index (χ1) is 14.0. The van der Waals surface area contributed by atoms with Crippen LogP contribution in [0.3, 0.4) is 0 Å². The van der Waals surface area contributed by atoms with E-state index in [2.05, 4.69) is 28.8 Å². The van der Waals surface area contributed by atoms with Gasteiger partial charge in [0.25, 0.3) is 0 Å². The number of H-pyrrole nitrogens is 1. The van der Waals surface area contributed by atoms with Crippen LogP contribution < -0.4 is 0 Å². The minimum Gasteiger partial charge on any atom is -0.466 e. The van der Waals surface area contributed by atoms with E-state index < -0.39 is 0 Å². The number of fused-ring (bicyclic) bond motifs is 1. The average molecular weight is 390 g/mol. The third kappa shape index (κ3) is 5.13. The van der Waals surface area contributed by atoms with E-state index >= 15 is 0 Å². The number of nitrogens with zero attached hydrogens (tertiary/aromatic N) is 1. The molecule has 0 saturated carbocycles. The second-order valence-electron chi connectivity index (χ2n) is 7.06. The summed E-state index contributed by atoms with van der Waals surface area (Å²) in [5.41, 5.74) is 5.49. The maximum Gasteiger partial charge on any atom is 0.330 e. The predicted octanol–water partition coefficient (Wildman–Crippen LogP) is 4.25. The quantitative estimate of drug-likeness (QED) is 0.484. The first-order valence-corrected chi connectivity index (χ1v) is 9.64. The molecule has 3 aromatic rings. The topological polar surface area (TPSA) is 62.4 Å².